The van der Waals surface area contributed by atoms with Crippen LogP contribution in [0.1, 0.15) is 10.4 Å². The molecule has 0 bridgehead atoms. The monoisotopic (exact) mass is 308 g/mol. The highest BCUT2D eigenvalue weighted by molar-refractivity contribution is 6.31. The molecule has 0 saturated heterocycles. The Balaban J connectivity index is 2.46. The summed E-state index contributed by atoms with van der Waals surface area (Å²) in [6.45, 7) is -0.277. The second kappa shape index (κ2) is 6.56. The maximum absolute atomic E-state index is 14.0. The normalized spacial score (nSPS) is 10.4. The molecular weight excluding hydrogens is 295 g/mol. The number of amides is 1. The second-order valence-corrected chi connectivity index (χ2v) is 4.75. The topological polar surface area (TPSA) is 66.6 Å². The number of aliphatic hydroxyl groups excluding tert-OH is 1. The van der Waals surface area contributed by atoms with Crippen molar-refractivity contribution >= 4 is 28.9 Å². The molecule has 0 aliphatic heterocycles. The van der Waals surface area contributed by atoms with Crippen LogP contribution in [0.25, 0.3) is 0 Å². The number of anilines is 2. The molecule has 0 aliphatic carbocycles. The summed E-state index contributed by atoms with van der Waals surface area (Å²) in [6, 6.07) is 10.9. The number of nitrogen functional groups attached to an aromatic ring is 1. The average Bonchev–Trinajstić information content (AvgIpc) is 2.48. The van der Waals surface area contributed by atoms with Crippen molar-refractivity contribution in [3.8, 4) is 0 Å². The summed E-state index contributed by atoms with van der Waals surface area (Å²) >= 11 is 5.70. The minimum atomic E-state index is -0.790. The summed E-state index contributed by atoms with van der Waals surface area (Å²) in [6.07, 6.45) is 0. The number of nitrogens with zero attached hydrogens (tertiary/aromatic N) is 1. The maximum atomic E-state index is 14.0. The fraction of sp³-hybridized carbons (Fsp3) is 0.133. The van der Waals surface area contributed by atoms with E-state index in [1.54, 1.807) is 24.3 Å². The first-order chi connectivity index (χ1) is 10.1. The summed E-state index contributed by atoms with van der Waals surface area (Å²) < 4.78 is 14.0. The quantitative estimate of drug-likeness (QED) is 0.853. The molecule has 0 spiro atoms. The second-order valence-electron chi connectivity index (χ2n) is 4.34. The zero-order valence-corrected chi connectivity index (χ0v) is 11.8. The van der Waals surface area contributed by atoms with E-state index < -0.39 is 11.7 Å². The molecule has 0 aromatic heterocycles. The van der Waals surface area contributed by atoms with E-state index in [-0.39, 0.29) is 23.7 Å². The van der Waals surface area contributed by atoms with Gasteiger partial charge in [0.2, 0.25) is 0 Å². The number of para-hydroxylation sites is 2. The van der Waals surface area contributed by atoms with Crippen molar-refractivity contribution in [1.29, 1.82) is 0 Å². The highest BCUT2D eigenvalue weighted by atomic mass is 35.5. The number of benzene rings is 2. The number of rotatable bonds is 4. The Morgan fingerprint density at radius 3 is 2.62 bits per heavy atom. The van der Waals surface area contributed by atoms with Crippen molar-refractivity contribution in [2.24, 2.45) is 0 Å². The Morgan fingerprint density at radius 1 is 1.24 bits per heavy atom. The summed E-state index contributed by atoms with van der Waals surface area (Å²) in [4.78, 5) is 13.7. The molecule has 2 rings (SSSR count). The van der Waals surface area contributed by atoms with Crippen LogP contribution in [0.2, 0.25) is 5.02 Å². The molecule has 21 heavy (non-hydrogen) atoms. The fourth-order valence-corrected chi connectivity index (χ4v) is 2.15. The average molecular weight is 309 g/mol. The summed E-state index contributed by atoms with van der Waals surface area (Å²) in [5, 5.41) is 9.02. The van der Waals surface area contributed by atoms with E-state index in [0.717, 1.165) is 0 Å². The Kier molecular flexibility index (Phi) is 4.77. The molecule has 0 fully saturated rings. The molecule has 4 nitrogen and oxygen atoms in total. The van der Waals surface area contributed by atoms with Crippen LogP contribution in [0.5, 0.6) is 0 Å². The largest absolute Gasteiger partial charge is 0.397 e. The van der Waals surface area contributed by atoms with Crippen LogP contribution in [0.3, 0.4) is 0 Å². The van der Waals surface area contributed by atoms with Crippen LogP contribution in [0.15, 0.2) is 42.5 Å². The smallest absolute Gasteiger partial charge is 0.261 e. The molecule has 3 N–H and O–H groups in total. The van der Waals surface area contributed by atoms with Gasteiger partial charge in [-0.3, -0.25) is 4.79 Å². The van der Waals surface area contributed by atoms with E-state index in [2.05, 4.69) is 0 Å². The molecule has 0 unspecified atom stereocenters. The number of carbonyl (C=O) groups excluding carboxylic acids is 1. The summed E-state index contributed by atoms with van der Waals surface area (Å²) in [5.74, 6) is -1.40. The number of halogens is 2. The van der Waals surface area contributed by atoms with Crippen molar-refractivity contribution in [2.45, 2.75) is 0 Å². The predicted octanol–water partition coefficient (Wildman–Crippen LogP) is 2.70. The molecule has 0 atom stereocenters. The van der Waals surface area contributed by atoms with E-state index in [1.165, 1.54) is 23.1 Å². The Hall–Kier alpha value is -2.11. The summed E-state index contributed by atoms with van der Waals surface area (Å²) in [5.41, 5.74) is 6.45. The Bertz CT molecular complexity index is 664. The van der Waals surface area contributed by atoms with Crippen LogP contribution in [-0.4, -0.2) is 24.2 Å². The number of nitrogens with two attached hydrogens (primary N) is 1. The lowest BCUT2D eigenvalue weighted by Crippen LogP contribution is -2.34. The van der Waals surface area contributed by atoms with Gasteiger partial charge in [-0.1, -0.05) is 29.8 Å². The van der Waals surface area contributed by atoms with E-state index in [4.69, 9.17) is 22.4 Å². The first-order valence-corrected chi connectivity index (χ1v) is 6.65. The fourth-order valence-electron chi connectivity index (χ4n) is 1.98. The lowest BCUT2D eigenvalue weighted by atomic mass is 10.1. The molecule has 2 aromatic carbocycles. The van der Waals surface area contributed by atoms with Crippen LogP contribution in [-0.2, 0) is 0 Å². The van der Waals surface area contributed by atoms with E-state index in [1.807, 2.05) is 0 Å². The SMILES string of the molecule is Nc1ccccc1N(CCO)C(=O)c1cccc(Cl)c1F. The van der Waals surface area contributed by atoms with Crippen molar-refractivity contribution in [2.75, 3.05) is 23.8 Å². The first-order valence-electron chi connectivity index (χ1n) is 6.27. The van der Waals surface area contributed by atoms with Gasteiger partial charge in [-0.2, -0.15) is 0 Å². The molecule has 0 heterocycles. The number of carbonyl (C=O) groups is 1. The zero-order valence-electron chi connectivity index (χ0n) is 11.1. The van der Waals surface area contributed by atoms with Crippen molar-refractivity contribution < 1.29 is 14.3 Å². The Morgan fingerprint density at radius 2 is 1.95 bits per heavy atom. The van der Waals surface area contributed by atoms with Gasteiger partial charge in [0.05, 0.1) is 28.6 Å². The number of hydrogen-bond acceptors (Lipinski definition) is 3. The van der Waals surface area contributed by atoms with Crippen LogP contribution in [0, 0.1) is 5.82 Å². The molecule has 1 amide bonds. The van der Waals surface area contributed by atoms with Gasteiger partial charge in [-0.15, -0.1) is 0 Å². The first kappa shape index (κ1) is 15.3. The van der Waals surface area contributed by atoms with Crippen molar-refractivity contribution in [1.82, 2.24) is 0 Å². The number of aliphatic hydroxyl groups is 1. The zero-order chi connectivity index (χ0) is 15.4. The van der Waals surface area contributed by atoms with Gasteiger partial charge in [-0.05, 0) is 24.3 Å². The molecule has 110 valence electrons. The molecule has 2 aromatic rings. The van der Waals surface area contributed by atoms with Gasteiger partial charge in [0, 0.05) is 6.54 Å². The van der Waals surface area contributed by atoms with Gasteiger partial charge in [-0.25, -0.2) is 4.39 Å². The Labute approximate surface area is 126 Å². The van der Waals surface area contributed by atoms with Crippen LogP contribution in [0.4, 0.5) is 15.8 Å². The highest BCUT2D eigenvalue weighted by Crippen LogP contribution is 2.26. The third kappa shape index (κ3) is 3.15. The molecule has 0 radical (unpaired) electrons. The highest BCUT2D eigenvalue weighted by Gasteiger charge is 2.22. The van der Waals surface area contributed by atoms with E-state index in [9.17, 15) is 9.18 Å². The molecule has 0 saturated carbocycles. The summed E-state index contributed by atoms with van der Waals surface area (Å²) in [7, 11) is 0. The standard InChI is InChI=1S/C15H14ClFN2O2/c16-11-5-3-4-10(14(11)17)15(21)19(8-9-20)13-7-2-1-6-12(13)18/h1-7,20H,8-9,18H2. The minimum absolute atomic E-state index is 0.000992. The van der Waals surface area contributed by atoms with Gasteiger partial charge in [0.15, 0.2) is 5.82 Å². The third-order valence-corrected chi connectivity index (χ3v) is 3.27. The van der Waals surface area contributed by atoms with Gasteiger partial charge >= 0.3 is 0 Å². The van der Waals surface area contributed by atoms with E-state index >= 15 is 0 Å². The predicted molar refractivity (Wildman–Crippen MR) is 81.0 cm³/mol. The molecule has 0 aliphatic rings. The lowest BCUT2D eigenvalue weighted by molar-refractivity contribution is 0.0977. The van der Waals surface area contributed by atoms with Gasteiger partial charge in [0.1, 0.15) is 0 Å². The van der Waals surface area contributed by atoms with Gasteiger partial charge < -0.3 is 15.7 Å². The molecular formula is C15H14ClFN2O2. The lowest BCUT2D eigenvalue weighted by Gasteiger charge is -2.23. The number of hydrogen-bond donors (Lipinski definition) is 2. The minimum Gasteiger partial charge on any atom is -0.397 e. The van der Waals surface area contributed by atoms with Crippen LogP contribution < -0.4 is 10.6 Å². The molecule has 6 heteroatoms. The van der Waals surface area contributed by atoms with Gasteiger partial charge in [0.25, 0.3) is 5.91 Å². The van der Waals surface area contributed by atoms with E-state index in [0.29, 0.717) is 11.4 Å². The van der Waals surface area contributed by atoms with Crippen molar-refractivity contribution in [3.63, 3.8) is 0 Å². The maximum Gasteiger partial charge on any atom is 0.261 e. The van der Waals surface area contributed by atoms with Crippen molar-refractivity contribution in [3.05, 3.63) is 58.9 Å². The van der Waals surface area contributed by atoms with Crippen LogP contribution >= 0.6 is 11.6 Å². The third-order valence-electron chi connectivity index (χ3n) is 2.98.